The van der Waals surface area contributed by atoms with Gasteiger partial charge in [0.1, 0.15) is 0 Å². The minimum Gasteiger partial charge on any atom is -0.207 e. The Morgan fingerprint density at radius 3 is 2.14 bits per heavy atom. The van der Waals surface area contributed by atoms with Crippen molar-refractivity contribution in [3.8, 4) is 0 Å². The third-order valence-corrected chi connectivity index (χ3v) is 7.60. The fourth-order valence-corrected chi connectivity index (χ4v) is 5.80. The van der Waals surface area contributed by atoms with Crippen LogP contribution in [-0.2, 0) is 16.4 Å². The van der Waals surface area contributed by atoms with Crippen LogP contribution in [0, 0.1) is 6.92 Å². The van der Waals surface area contributed by atoms with Crippen molar-refractivity contribution in [3.05, 3.63) is 108 Å². The first-order valence-corrected chi connectivity index (χ1v) is 11.3. The summed E-state index contributed by atoms with van der Waals surface area (Å²) >= 11 is 0. The molecular weight excluding hydrogens is 378 g/mol. The molecule has 1 aliphatic rings. The maximum atomic E-state index is 13.6. The number of hydrogen-bond donors (Lipinski definition) is 0. The lowest BCUT2D eigenvalue weighted by Crippen LogP contribution is -2.59. The second-order valence-electron chi connectivity index (χ2n) is 7.63. The molecule has 0 radical (unpaired) electrons. The van der Waals surface area contributed by atoms with Gasteiger partial charge < -0.3 is 0 Å². The molecule has 148 valence electrons. The average molecular weight is 404 g/mol. The topological polar surface area (TPSA) is 37.4 Å². The van der Waals surface area contributed by atoms with Crippen LogP contribution in [0.25, 0.3) is 5.57 Å². The summed E-state index contributed by atoms with van der Waals surface area (Å²) in [5.74, 6) is 0. The zero-order chi connectivity index (χ0) is 20.4. The van der Waals surface area contributed by atoms with Crippen molar-refractivity contribution in [2.75, 3.05) is 0 Å². The lowest BCUT2D eigenvalue weighted by atomic mass is 9.85. The van der Waals surface area contributed by atoms with E-state index in [0.717, 1.165) is 28.7 Å². The van der Waals surface area contributed by atoms with E-state index in [-0.39, 0.29) is 12.1 Å². The molecule has 4 heteroatoms. The zero-order valence-electron chi connectivity index (χ0n) is 16.5. The highest BCUT2D eigenvalue weighted by atomic mass is 32.2. The van der Waals surface area contributed by atoms with Gasteiger partial charge in [-0.3, -0.25) is 0 Å². The Labute approximate surface area is 173 Å². The Bertz CT molecular complexity index is 1090. The summed E-state index contributed by atoms with van der Waals surface area (Å²) in [6.45, 7) is 6.21. The fraction of sp³-hybridized carbons (Fsp3) is 0.200. The molecule has 0 spiro atoms. The standard InChI is InChI=1S/C25H25NO2S/c1-19-13-15-24(16-14-19)29(27,28)26-23(17-21-9-5-3-6-10-21)18-25(26)20(2)22-11-7-4-8-12-22/h3-16,23,25H,2,17-18H2,1H3/t23-,25-/m0/s1. The predicted molar refractivity (Wildman–Crippen MR) is 118 cm³/mol. The summed E-state index contributed by atoms with van der Waals surface area (Å²) in [4.78, 5) is 0.340. The van der Waals surface area contributed by atoms with E-state index in [1.54, 1.807) is 16.4 Å². The molecule has 1 saturated heterocycles. The van der Waals surface area contributed by atoms with Gasteiger partial charge in [0, 0.05) is 6.04 Å². The molecular formula is C25H25NO2S. The van der Waals surface area contributed by atoms with Crippen LogP contribution >= 0.6 is 0 Å². The van der Waals surface area contributed by atoms with Crippen LogP contribution in [0.1, 0.15) is 23.1 Å². The van der Waals surface area contributed by atoms with Crippen LogP contribution in [0.2, 0.25) is 0 Å². The monoisotopic (exact) mass is 403 g/mol. The van der Waals surface area contributed by atoms with Gasteiger partial charge in [-0.15, -0.1) is 0 Å². The Morgan fingerprint density at radius 1 is 0.931 bits per heavy atom. The van der Waals surface area contributed by atoms with E-state index in [2.05, 4.69) is 18.7 Å². The highest BCUT2D eigenvalue weighted by Gasteiger charge is 2.47. The molecule has 1 fully saturated rings. The average Bonchev–Trinajstić information content (AvgIpc) is 2.72. The minimum absolute atomic E-state index is 0.0748. The summed E-state index contributed by atoms with van der Waals surface area (Å²) in [5, 5.41) is 0. The largest absolute Gasteiger partial charge is 0.243 e. The lowest BCUT2D eigenvalue weighted by molar-refractivity contribution is 0.151. The summed E-state index contributed by atoms with van der Waals surface area (Å²) in [6.07, 6.45) is 1.47. The van der Waals surface area contributed by atoms with E-state index in [9.17, 15) is 8.42 Å². The molecule has 3 aromatic rings. The summed E-state index contributed by atoms with van der Waals surface area (Å²) in [6, 6.07) is 26.7. The number of rotatable bonds is 6. The first-order valence-electron chi connectivity index (χ1n) is 9.85. The van der Waals surface area contributed by atoms with Crippen LogP contribution in [0.15, 0.2) is 96.4 Å². The van der Waals surface area contributed by atoms with E-state index < -0.39 is 10.0 Å². The smallest absolute Gasteiger partial charge is 0.207 e. The Morgan fingerprint density at radius 2 is 1.52 bits per heavy atom. The maximum Gasteiger partial charge on any atom is 0.243 e. The van der Waals surface area contributed by atoms with Gasteiger partial charge in [-0.25, -0.2) is 8.42 Å². The molecule has 0 N–H and O–H groups in total. The lowest BCUT2D eigenvalue weighted by Gasteiger charge is -2.48. The van der Waals surface area contributed by atoms with E-state index in [1.807, 2.05) is 67.6 Å². The highest BCUT2D eigenvalue weighted by molar-refractivity contribution is 7.89. The van der Waals surface area contributed by atoms with Crippen LogP contribution in [0.5, 0.6) is 0 Å². The van der Waals surface area contributed by atoms with E-state index in [4.69, 9.17) is 0 Å². The van der Waals surface area contributed by atoms with Crippen LogP contribution in [0.4, 0.5) is 0 Å². The second-order valence-corrected chi connectivity index (χ2v) is 9.48. The van der Waals surface area contributed by atoms with Gasteiger partial charge in [-0.05, 0) is 48.6 Å². The molecule has 0 bridgehead atoms. The van der Waals surface area contributed by atoms with Crippen molar-refractivity contribution in [1.82, 2.24) is 4.31 Å². The maximum absolute atomic E-state index is 13.6. The second kappa shape index (κ2) is 7.97. The molecule has 3 aromatic carbocycles. The van der Waals surface area contributed by atoms with Crippen molar-refractivity contribution in [3.63, 3.8) is 0 Å². The van der Waals surface area contributed by atoms with Crippen LogP contribution in [0.3, 0.4) is 0 Å². The molecule has 29 heavy (non-hydrogen) atoms. The quantitative estimate of drug-likeness (QED) is 0.575. The van der Waals surface area contributed by atoms with Gasteiger partial charge in [0.2, 0.25) is 10.0 Å². The molecule has 1 heterocycles. The van der Waals surface area contributed by atoms with E-state index in [1.165, 1.54) is 0 Å². The number of hydrogen-bond acceptors (Lipinski definition) is 2. The van der Waals surface area contributed by atoms with Crippen LogP contribution in [-0.4, -0.2) is 24.8 Å². The van der Waals surface area contributed by atoms with Gasteiger partial charge in [0.25, 0.3) is 0 Å². The van der Waals surface area contributed by atoms with Gasteiger partial charge >= 0.3 is 0 Å². The number of aryl methyl sites for hydroxylation is 1. The fourth-order valence-electron chi connectivity index (χ4n) is 3.98. The summed E-state index contributed by atoms with van der Waals surface area (Å²) in [7, 11) is -3.62. The molecule has 0 aromatic heterocycles. The molecule has 1 aliphatic heterocycles. The summed E-state index contributed by atoms with van der Waals surface area (Å²) in [5.41, 5.74) is 4.02. The van der Waals surface area contributed by atoms with Gasteiger partial charge in [0.05, 0.1) is 10.9 Å². The van der Waals surface area contributed by atoms with Crippen molar-refractivity contribution in [2.24, 2.45) is 0 Å². The van der Waals surface area contributed by atoms with Crippen molar-refractivity contribution in [1.29, 1.82) is 0 Å². The molecule has 2 atom stereocenters. The Balaban J connectivity index is 1.67. The van der Waals surface area contributed by atoms with E-state index in [0.29, 0.717) is 11.3 Å². The first kappa shape index (κ1) is 19.6. The SMILES string of the molecule is C=C(c1ccccc1)[C@@H]1C[C@H](Cc2ccccc2)N1S(=O)(=O)c1ccc(C)cc1. The normalized spacial score (nSPS) is 19.5. The Hall–Kier alpha value is -2.69. The first-order chi connectivity index (χ1) is 14.0. The van der Waals surface area contributed by atoms with Gasteiger partial charge in [-0.2, -0.15) is 4.31 Å². The highest BCUT2D eigenvalue weighted by Crippen LogP contribution is 2.40. The van der Waals surface area contributed by atoms with Crippen LogP contribution < -0.4 is 0 Å². The molecule has 0 unspecified atom stereocenters. The molecule has 4 rings (SSSR count). The van der Waals surface area contributed by atoms with Gasteiger partial charge in [-0.1, -0.05) is 84.9 Å². The van der Waals surface area contributed by atoms with Crippen molar-refractivity contribution < 1.29 is 8.42 Å². The zero-order valence-corrected chi connectivity index (χ0v) is 17.3. The number of benzene rings is 3. The summed E-state index contributed by atoms with van der Waals surface area (Å²) < 4.78 is 28.8. The number of nitrogens with zero attached hydrogens (tertiary/aromatic N) is 1. The third kappa shape index (κ3) is 3.91. The van der Waals surface area contributed by atoms with Gasteiger partial charge in [0.15, 0.2) is 0 Å². The molecule has 0 amide bonds. The molecule has 0 saturated carbocycles. The van der Waals surface area contributed by atoms with Crippen molar-refractivity contribution in [2.45, 2.75) is 36.7 Å². The number of sulfonamides is 1. The van der Waals surface area contributed by atoms with Crippen molar-refractivity contribution >= 4 is 15.6 Å². The minimum atomic E-state index is -3.62. The predicted octanol–water partition coefficient (Wildman–Crippen LogP) is 5.08. The third-order valence-electron chi connectivity index (χ3n) is 5.62. The van der Waals surface area contributed by atoms with E-state index >= 15 is 0 Å². The molecule has 3 nitrogen and oxygen atoms in total. The molecule has 0 aliphatic carbocycles. The Kier molecular flexibility index (Phi) is 5.39.